The van der Waals surface area contributed by atoms with Crippen LogP contribution in [0.1, 0.15) is 32.8 Å². The number of fused-ring (bicyclic) bond motifs is 3. The highest BCUT2D eigenvalue weighted by Gasteiger charge is 2.29. The summed E-state index contributed by atoms with van der Waals surface area (Å²) >= 11 is 0. The molecule has 1 aliphatic rings. The highest BCUT2D eigenvalue weighted by Crippen LogP contribution is 2.28. The zero-order chi connectivity index (χ0) is 20.7. The Bertz CT molecular complexity index is 1140. The second kappa shape index (κ2) is 7.54. The number of imidazole rings is 1. The topological polar surface area (TPSA) is 65.1 Å². The van der Waals surface area contributed by atoms with Gasteiger partial charge in [0.2, 0.25) is 5.95 Å². The van der Waals surface area contributed by atoms with E-state index in [1.165, 1.54) is 14.7 Å². The van der Waals surface area contributed by atoms with Gasteiger partial charge in [-0.1, -0.05) is 51.1 Å². The van der Waals surface area contributed by atoms with Crippen molar-refractivity contribution in [3.63, 3.8) is 0 Å². The van der Waals surface area contributed by atoms with Crippen molar-refractivity contribution >= 4 is 17.1 Å². The molecule has 7 nitrogen and oxygen atoms in total. The Hall–Kier alpha value is -2.83. The van der Waals surface area contributed by atoms with Crippen LogP contribution in [-0.2, 0) is 26.7 Å². The molecule has 0 aliphatic carbocycles. The molecule has 1 aromatic carbocycles. The number of anilines is 1. The molecule has 0 saturated carbocycles. The van der Waals surface area contributed by atoms with Gasteiger partial charge in [-0.05, 0) is 23.8 Å². The van der Waals surface area contributed by atoms with Gasteiger partial charge >= 0.3 is 5.69 Å². The van der Waals surface area contributed by atoms with Gasteiger partial charge in [0.15, 0.2) is 11.2 Å². The van der Waals surface area contributed by atoms with Crippen molar-refractivity contribution in [3.8, 4) is 0 Å². The minimum atomic E-state index is -0.291. The second-order valence-corrected chi connectivity index (χ2v) is 8.65. The van der Waals surface area contributed by atoms with Crippen LogP contribution >= 0.6 is 0 Å². The summed E-state index contributed by atoms with van der Waals surface area (Å²) in [5.41, 5.74) is 1.69. The van der Waals surface area contributed by atoms with E-state index in [0.29, 0.717) is 29.5 Å². The van der Waals surface area contributed by atoms with Crippen LogP contribution in [-0.4, -0.2) is 25.2 Å². The summed E-state index contributed by atoms with van der Waals surface area (Å²) in [6.07, 6.45) is 0.790. The van der Waals surface area contributed by atoms with Crippen molar-refractivity contribution in [2.45, 2.75) is 46.8 Å². The fourth-order valence-electron chi connectivity index (χ4n) is 4.13. The van der Waals surface area contributed by atoms with E-state index in [4.69, 9.17) is 4.98 Å². The smallest absolute Gasteiger partial charge is 0.332 e. The molecule has 0 radical (unpaired) electrons. The predicted molar refractivity (Wildman–Crippen MR) is 115 cm³/mol. The Balaban J connectivity index is 1.86. The van der Waals surface area contributed by atoms with Crippen LogP contribution in [0.2, 0.25) is 0 Å². The molecule has 1 aliphatic heterocycles. The molecule has 0 saturated heterocycles. The standard InChI is InChI=1S/C22H29N5O2/c1-15(2)10-11-26-20(28)18-19(24(4)22(26)29)23-21-25(12-16(3)13-27(18)21)14-17-8-6-5-7-9-17/h5-9,15-16H,10-14H2,1-4H3/t16-/m1/s1. The van der Waals surface area contributed by atoms with Crippen LogP contribution in [0.25, 0.3) is 11.2 Å². The average Bonchev–Trinajstić information content (AvgIpc) is 3.06. The molecule has 0 N–H and O–H groups in total. The van der Waals surface area contributed by atoms with E-state index in [1.807, 2.05) is 22.8 Å². The van der Waals surface area contributed by atoms with Crippen molar-refractivity contribution in [3.05, 3.63) is 56.7 Å². The van der Waals surface area contributed by atoms with Gasteiger partial charge in [0.25, 0.3) is 5.56 Å². The maximum absolute atomic E-state index is 13.3. The molecule has 0 amide bonds. The van der Waals surface area contributed by atoms with Crippen LogP contribution in [0.5, 0.6) is 0 Å². The first-order valence-electron chi connectivity index (χ1n) is 10.4. The molecule has 0 unspecified atom stereocenters. The van der Waals surface area contributed by atoms with E-state index in [-0.39, 0.29) is 11.2 Å². The first-order chi connectivity index (χ1) is 13.9. The Kier molecular flexibility index (Phi) is 5.06. The van der Waals surface area contributed by atoms with Gasteiger partial charge in [0.05, 0.1) is 0 Å². The molecule has 1 atom stereocenters. The number of rotatable bonds is 5. The zero-order valence-corrected chi connectivity index (χ0v) is 17.6. The zero-order valence-electron chi connectivity index (χ0n) is 17.6. The van der Waals surface area contributed by atoms with Gasteiger partial charge in [-0.15, -0.1) is 0 Å². The fourth-order valence-corrected chi connectivity index (χ4v) is 4.13. The molecule has 7 heteroatoms. The van der Waals surface area contributed by atoms with E-state index in [1.54, 1.807) is 7.05 Å². The summed E-state index contributed by atoms with van der Waals surface area (Å²) in [6, 6.07) is 10.3. The summed E-state index contributed by atoms with van der Waals surface area (Å²) < 4.78 is 4.91. The minimum absolute atomic E-state index is 0.226. The van der Waals surface area contributed by atoms with Gasteiger partial charge in [-0.2, -0.15) is 4.98 Å². The first-order valence-corrected chi connectivity index (χ1v) is 10.4. The molecule has 3 aromatic rings. The number of aryl methyl sites for hydroxylation is 1. The normalized spacial score (nSPS) is 16.6. The number of benzene rings is 1. The maximum atomic E-state index is 13.3. The predicted octanol–water partition coefficient (Wildman–Crippen LogP) is 2.60. The first kappa shape index (κ1) is 19.5. The monoisotopic (exact) mass is 395 g/mol. The van der Waals surface area contributed by atoms with E-state index in [2.05, 4.69) is 37.8 Å². The van der Waals surface area contributed by atoms with Crippen LogP contribution < -0.4 is 16.1 Å². The van der Waals surface area contributed by atoms with E-state index >= 15 is 0 Å². The van der Waals surface area contributed by atoms with Crippen molar-refractivity contribution < 1.29 is 0 Å². The van der Waals surface area contributed by atoms with Gasteiger partial charge < -0.3 is 9.47 Å². The van der Waals surface area contributed by atoms with E-state index in [0.717, 1.165) is 32.0 Å². The van der Waals surface area contributed by atoms with E-state index in [9.17, 15) is 9.59 Å². The molecule has 0 bridgehead atoms. The summed E-state index contributed by atoms with van der Waals surface area (Å²) in [5, 5.41) is 0. The van der Waals surface area contributed by atoms with Crippen molar-refractivity contribution in [2.24, 2.45) is 18.9 Å². The third kappa shape index (κ3) is 3.50. The second-order valence-electron chi connectivity index (χ2n) is 8.65. The Morgan fingerprint density at radius 3 is 2.55 bits per heavy atom. The number of hydrogen-bond acceptors (Lipinski definition) is 4. The lowest BCUT2D eigenvalue weighted by Crippen LogP contribution is -2.41. The molecule has 29 heavy (non-hydrogen) atoms. The van der Waals surface area contributed by atoms with Crippen molar-refractivity contribution in [1.82, 2.24) is 18.7 Å². The lowest BCUT2D eigenvalue weighted by atomic mass is 10.1. The van der Waals surface area contributed by atoms with Crippen molar-refractivity contribution in [2.75, 3.05) is 11.4 Å². The number of aromatic nitrogens is 4. The van der Waals surface area contributed by atoms with Crippen LogP contribution in [0, 0.1) is 11.8 Å². The molecule has 2 aromatic heterocycles. The van der Waals surface area contributed by atoms with Crippen molar-refractivity contribution in [1.29, 1.82) is 0 Å². The summed E-state index contributed by atoms with van der Waals surface area (Å²) in [5.74, 6) is 1.57. The molecule has 4 rings (SSSR count). The Morgan fingerprint density at radius 1 is 1.14 bits per heavy atom. The molecule has 3 heterocycles. The summed E-state index contributed by atoms with van der Waals surface area (Å²) in [6.45, 7) is 9.14. The van der Waals surface area contributed by atoms with E-state index < -0.39 is 0 Å². The third-order valence-corrected chi connectivity index (χ3v) is 5.67. The highest BCUT2D eigenvalue weighted by atomic mass is 16.2. The molecule has 0 fully saturated rings. The lowest BCUT2D eigenvalue weighted by Gasteiger charge is -2.33. The minimum Gasteiger partial charge on any atom is -0.338 e. The van der Waals surface area contributed by atoms with Crippen LogP contribution in [0.3, 0.4) is 0 Å². The highest BCUT2D eigenvalue weighted by molar-refractivity contribution is 5.75. The van der Waals surface area contributed by atoms with Gasteiger partial charge in [-0.25, -0.2) is 4.79 Å². The largest absolute Gasteiger partial charge is 0.338 e. The quantitative estimate of drug-likeness (QED) is 0.666. The summed E-state index contributed by atoms with van der Waals surface area (Å²) in [4.78, 5) is 33.1. The molecular formula is C22H29N5O2. The molecule has 154 valence electrons. The summed E-state index contributed by atoms with van der Waals surface area (Å²) in [7, 11) is 1.71. The SMILES string of the molecule is CC(C)CCn1c(=O)c2c(nc3n2C[C@H](C)CN3Cc2ccccc2)n(C)c1=O. The molecular weight excluding hydrogens is 366 g/mol. The Morgan fingerprint density at radius 2 is 1.86 bits per heavy atom. The van der Waals surface area contributed by atoms with Gasteiger partial charge in [0.1, 0.15) is 0 Å². The lowest BCUT2D eigenvalue weighted by molar-refractivity contribution is 0.434. The Labute approximate surface area is 170 Å². The third-order valence-electron chi connectivity index (χ3n) is 5.67. The van der Waals surface area contributed by atoms with Gasteiger partial charge in [0, 0.05) is 33.2 Å². The maximum Gasteiger partial charge on any atom is 0.332 e. The number of nitrogens with zero attached hydrogens (tertiary/aromatic N) is 5. The number of hydrogen-bond donors (Lipinski definition) is 0. The molecule has 0 spiro atoms. The van der Waals surface area contributed by atoms with Gasteiger partial charge in [-0.3, -0.25) is 13.9 Å². The van der Waals surface area contributed by atoms with Crippen LogP contribution in [0.4, 0.5) is 5.95 Å². The van der Waals surface area contributed by atoms with Crippen LogP contribution in [0.15, 0.2) is 39.9 Å². The average molecular weight is 396 g/mol. The fraction of sp³-hybridized carbons (Fsp3) is 0.500.